The Kier molecular flexibility index (Phi) is 5.55. The van der Waals surface area contributed by atoms with Crippen LogP contribution in [-0.4, -0.2) is 29.3 Å². The maximum atomic E-state index is 13.2. The number of imide groups is 1. The lowest BCUT2D eigenvalue weighted by Gasteiger charge is -2.29. The smallest absolute Gasteiger partial charge is 0.331 e. The zero-order chi connectivity index (χ0) is 20.1. The van der Waals surface area contributed by atoms with Crippen LogP contribution >= 0.6 is 0 Å². The third-order valence-electron chi connectivity index (χ3n) is 4.95. The number of nitrogens with zero attached hydrogens (tertiary/aromatic N) is 2. The third kappa shape index (κ3) is 3.27. The SMILES string of the molecule is CCOC(=O)[C@@](C#N)(c1ccccc1)[C@@H]1CC(=O)N(Cc2ccccc2)C1=O. The summed E-state index contributed by atoms with van der Waals surface area (Å²) in [5.74, 6) is -2.88. The molecule has 1 fully saturated rings. The monoisotopic (exact) mass is 376 g/mol. The van der Waals surface area contributed by atoms with E-state index in [0.717, 1.165) is 10.5 Å². The predicted octanol–water partition coefficient (Wildman–Crippen LogP) is 2.59. The van der Waals surface area contributed by atoms with E-state index in [9.17, 15) is 19.6 Å². The Balaban J connectivity index is 2.01. The number of carbonyl (C=O) groups excluding carboxylic acids is 3. The Labute approximate surface area is 163 Å². The van der Waals surface area contributed by atoms with E-state index < -0.39 is 29.1 Å². The molecule has 2 aromatic rings. The Morgan fingerprint density at radius 3 is 2.32 bits per heavy atom. The molecule has 3 rings (SSSR count). The largest absolute Gasteiger partial charge is 0.465 e. The number of nitriles is 1. The van der Waals surface area contributed by atoms with Gasteiger partial charge in [0.15, 0.2) is 5.41 Å². The van der Waals surface area contributed by atoms with Gasteiger partial charge in [-0.25, -0.2) is 4.79 Å². The Morgan fingerprint density at radius 2 is 1.75 bits per heavy atom. The maximum absolute atomic E-state index is 13.2. The summed E-state index contributed by atoms with van der Waals surface area (Å²) < 4.78 is 5.16. The van der Waals surface area contributed by atoms with Crippen molar-refractivity contribution in [3.05, 3.63) is 71.8 Å². The first kappa shape index (κ1) is 19.3. The molecule has 142 valence electrons. The molecule has 1 aliphatic heterocycles. The van der Waals surface area contributed by atoms with Gasteiger partial charge >= 0.3 is 5.97 Å². The molecule has 6 nitrogen and oxygen atoms in total. The number of esters is 1. The molecule has 28 heavy (non-hydrogen) atoms. The average Bonchev–Trinajstić information content (AvgIpc) is 2.99. The number of likely N-dealkylation sites (tertiary alicyclic amines) is 1. The van der Waals surface area contributed by atoms with Crippen LogP contribution in [0.1, 0.15) is 24.5 Å². The van der Waals surface area contributed by atoms with Crippen LogP contribution in [0.3, 0.4) is 0 Å². The highest BCUT2D eigenvalue weighted by atomic mass is 16.5. The summed E-state index contributed by atoms with van der Waals surface area (Å²) in [5, 5.41) is 10.0. The van der Waals surface area contributed by atoms with Gasteiger partial charge in [-0.05, 0) is 18.1 Å². The van der Waals surface area contributed by atoms with Gasteiger partial charge in [0.2, 0.25) is 11.8 Å². The summed E-state index contributed by atoms with van der Waals surface area (Å²) >= 11 is 0. The van der Waals surface area contributed by atoms with E-state index in [1.807, 2.05) is 36.4 Å². The molecule has 0 unspecified atom stereocenters. The summed E-state index contributed by atoms with van der Waals surface area (Å²) in [5.41, 5.74) is -0.720. The van der Waals surface area contributed by atoms with Crippen LogP contribution in [0.2, 0.25) is 0 Å². The van der Waals surface area contributed by atoms with Crippen LogP contribution in [0.15, 0.2) is 60.7 Å². The summed E-state index contributed by atoms with van der Waals surface area (Å²) in [7, 11) is 0. The topological polar surface area (TPSA) is 87.5 Å². The molecule has 0 radical (unpaired) electrons. The highest BCUT2D eigenvalue weighted by molar-refractivity contribution is 6.08. The molecule has 1 heterocycles. The number of carbonyl (C=O) groups is 3. The molecule has 0 aliphatic carbocycles. The number of amides is 2. The zero-order valence-electron chi connectivity index (χ0n) is 15.5. The van der Waals surface area contributed by atoms with Crippen LogP contribution < -0.4 is 0 Å². The second kappa shape index (κ2) is 8.05. The fraction of sp³-hybridized carbons (Fsp3) is 0.273. The van der Waals surface area contributed by atoms with Crippen molar-refractivity contribution in [3.8, 4) is 6.07 Å². The number of hydrogen-bond donors (Lipinski definition) is 0. The van der Waals surface area contributed by atoms with Crippen LogP contribution in [-0.2, 0) is 31.1 Å². The van der Waals surface area contributed by atoms with Gasteiger partial charge in [0.25, 0.3) is 0 Å². The molecule has 1 aliphatic rings. The molecule has 2 atom stereocenters. The van der Waals surface area contributed by atoms with Gasteiger partial charge in [0.05, 0.1) is 25.1 Å². The van der Waals surface area contributed by atoms with E-state index in [2.05, 4.69) is 0 Å². The van der Waals surface area contributed by atoms with E-state index in [1.54, 1.807) is 37.3 Å². The highest BCUT2D eigenvalue weighted by Crippen LogP contribution is 2.40. The normalized spacial score (nSPS) is 18.4. The van der Waals surface area contributed by atoms with Crippen molar-refractivity contribution in [2.24, 2.45) is 5.92 Å². The van der Waals surface area contributed by atoms with Gasteiger partial charge in [-0.2, -0.15) is 5.26 Å². The summed E-state index contributed by atoms with van der Waals surface area (Å²) in [6, 6.07) is 19.5. The van der Waals surface area contributed by atoms with Crippen molar-refractivity contribution in [1.29, 1.82) is 5.26 Å². The Hall–Kier alpha value is -3.46. The van der Waals surface area contributed by atoms with E-state index in [0.29, 0.717) is 5.56 Å². The van der Waals surface area contributed by atoms with Crippen molar-refractivity contribution in [1.82, 2.24) is 4.90 Å². The van der Waals surface area contributed by atoms with Gasteiger partial charge in [-0.15, -0.1) is 0 Å². The zero-order valence-corrected chi connectivity index (χ0v) is 15.5. The molecule has 0 bridgehead atoms. The van der Waals surface area contributed by atoms with Crippen LogP contribution in [0.25, 0.3) is 0 Å². The maximum Gasteiger partial charge on any atom is 0.331 e. The van der Waals surface area contributed by atoms with E-state index in [-0.39, 0.29) is 19.6 Å². The molecule has 2 aromatic carbocycles. The fourth-order valence-corrected chi connectivity index (χ4v) is 3.55. The molecule has 0 spiro atoms. The Bertz CT molecular complexity index is 921. The molecular formula is C22H20N2O4. The second-order valence-corrected chi connectivity index (χ2v) is 6.57. The Morgan fingerprint density at radius 1 is 1.14 bits per heavy atom. The quantitative estimate of drug-likeness (QED) is 0.571. The number of rotatable bonds is 6. The molecule has 1 saturated heterocycles. The summed E-state index contributed by atoms with van der Waals surface area (Å²) in [6.45, 7) is 1.81. The van der Waals surface area contributed by atoms with Crippen LogP contribution in [0.4, 0.5) is 0 Å². The third-order valence-corrected chi connectivity index (χ3v) is 4.95. The molecule has 6 heteroatoms. The molecular weight excluding hydrogens is 356 g/mol. The molecule has 2 amide bonds. The number of ether oxygens (including phenoxy) is 1. The first-order valence-corrected chi connectivity index (χ1v) is 9.06. The van der Waals surface area contributed by atoms with E-state index in [4.69, 9.17) is 4.74 Å². The first-order chi connectivity index (χ1) is 13.5. The van der Waals surface area contributed by atoms with Gasteiger partial charge in [-0.3, -0.25) is 14.5 Å². The molecule has 0 N–H and O–H groups in total. The first-order valence-electron chi connectivity index (χ1n) is 9.06. The summed E-state index contributed by atoms with van der Waals surface area (Å²) in [4.78, 5) is 39.8. The lowest BCUT2D eigenvalue weighted by atomic mass is 9.70. The van der Waals surface area contributed by atoms with E-state index >= 15 is 0 Å². The standard InChI is InChI=1S/C22H20N2O4/c1-2-28-21(27)22(15-23,17-11-7-4-8-12-17)18-13-19(25)24(20(18)26)14-16-9-5-3-6-10-16/h3-12,18H,2,13-14H2,1H3/t18-,22+/m1/s1. The van der Waals surface area contributed by atoms with Gasteiger partial charge in [-0.1, -0.05) is 60.7 Å². The number of benzene rings is 2. The van der Waals surface area contributed by atoms with Crippen molar-refractivity contribution in [3.63, 3.8) is 0 Å². The van der Waals surface area contributed by atoms with Crippen molar-refractivity contribution >= 4 is 17.8 Å². The minimum absolute atomic E-state index is 0.0671. The molecule has 0 aromatic heterocycles. The second-order valence-electron chi connectivity index (χ2n) is 6.57. The van der Waals surface area contributed by atoms with E-state index in [1.165, 1.54) is 0 Å². The lowest BCUT2D eigenvalue weighted by Crippen LogP contribution is -2.46. The van der Waals surface area contributed by atoms with Crippen molar-refractivity contribution in [2.45, 2.75) is 25.3 Å². The number of hydrogen-bond acceptors (Lipinski definition) is 5. The minimum Gasteiger partial charge on any atom is -0.465 e. The predicted molar refractivity (Wildman–Crippen MR) is 100 cm³/mol. The van der Waals surface area contributed by atoms with Crippen LogP contribution in [0.5, 0.6) is 0 Å². The van der Waals surface area contributed by atoms with Gasteiger partial charge in [0, 0.05) is 6.42 Å². The molecule has 0 saturated carbocycles. The average molecular weight is 376 g/mol. The minimum atomic E-state index is -1.87. The van der Waals surface area contributed by atoms with Crippen molar-refractivity contribution in [2.75, 3.05) is 6.61 Å². The fourth-order valence-electron chi connectivity index (χ4n) is 3.55. The van der Waals surface area contributed by atoms with Gasteiger partial charge in [0.1, 0.15) is 0 Å². The van der Waals surface area contributed by atoms with Gasteiger partial charge < -0.3 is 4.74 Å². The summed E-state index contributed by atoms with van der Waals surface area (Å²) in [6.07, 6.45) is -0.215. The lowest BCUT2D eigenvalue weighted by molar-refractivity contribution is -0.153. The van der Waals surface area contributed by atoms with Crippen molar-refractivity contribution < 1.29 is 19.1 Å². The van der Waals surface area contributed by atoms with Crippen LogP contribution in [0, 0.1) is 17.2 Å². The highest BCUT2D eigenvalue weighted by Gasteiger charge is 2.58.